The molecule has 0 amide bonds. The fourth-order valence-corrected chi connectivity index (χ4v) is 2.34. The third-order valence-electron chi connectivity index (χ3n) is 2.60. The molecule has 0 bridgehead atoms. The SMILES string of the molecule is C=Nc1sc(C)nc1/C(=C(\C)C(=O)O)C(C)OC. The number of methoxy groups -OCH3 is 1. The minimum atomic E-state index is -0.991. The van der Waals surface area contributed by atoms with Crippen molar-refractivity contribution in [2.45, 2.75) is 26.9 Å². The number of rotatable bonds is 5. The van der Waals surface area contributed by atoms with E-state index in [0.717, 1.165) is 5.01 Å². The zero-order valence-electron chi connectivity index (χ0n) is 10.9. The molecule has 0 aliphatic heterocycles. The van der Waals surface area contributed by atoms with Gasteiger partial charge in [0.1, 0.15) is 10.7 Å². The molecule has 0 fully saturated rings. The van der Waals surface area contributed by atoms with Gasteiger partial charge in [0, 0.05) is 18.3 Å². The first kappa shape index (κ1) is 14.5. The molecule has 1 aromatic heterocycles. The number of hydrogen-bond donors (Lipinski definition) is 1. The molecular weight excluding hydrogens is 252 g/mol. The van der Waals surface area contributed by atoms with Crippen molar-refractivity contribution in [3.63, 3.8) is 0 Å². The van der Waals surface area contributed by atoms with Crippen molar-refractivity contribution in [1.29, 1.82) is 0 Å². The minimum Gasteiger partial charge on any atom is -0.478 e. The van der Waals surface area contributed by atoms with Crippen LogP contribution in [0.15, 0.2) is 10.6 Å². The summed E-state index contributed by atoms with van der Waals surface area (Å²) in [5, 5.41) is 10.6. The number of thiazole rings is 1. The Morgan fingerprint density at radius 1 is 1.61 bits per heavy atom. The second kappa shape index (κ2) is 5.88. The highest BCUT2D eigenvalue weighted by Gasteiger charge is 2.23. The van der Waals surface area contributed by atoms with Gasteiger partial charge in [0.25, 0.3) is 0 Å². The van der Waals surface area contributed by atoms with Crippen LogP contribution in [0, 0.1) is 6.92 Å². The van der Waals surface area contributed by atoms with Crippen LogP contribution in [-0.2, 0) is 9.53 Å². The second-order valence-corrected chi connectivity index (χ2v) is 4.95. The lowest BCUT2D eigenvalue weighted by atomic mass is 10.0. The number of carboxylic acids is 1. The zero-order valence-corrected chi connectivity index (χ0v) is 11.7. The number of aromatic nitrogens is 1. The molecule has 0 aliphatic rings. The molecular formula is C12H16N2O3S. The second-order valence-electron chi connectivity index (χ2n) is 3.77. The van der Waals surface area contributed by atoms with E-state index in [1.165, 1.54) is 25.4 Å². The van der Waals surface area contributed by atoms with Gasteiger partial charge in [0.2, 0.25) is 0 Å². The van der Waals surface area contributed by atoms with Crippen molar-refractivity contribution >= 4 is 34.6 Å². The number of aryl methyl sites for hydroxylation is 1. The molecule has 1 unspecified atom stereocenters. The predicted molar refractivity (Wildman–Crippen MR) is 72.8 cm³/mol. The van der Waals surface area contributed by atoms with Crippen LogP contribution >= 0.6 is 11.3 Å². The quantitative estimate of drug-likeness (QED) is 0.658. The molecule has 1 N–H and O–H groups in total. The normalized spacial score (nSPS) is 14.0. The zero-order chi connectivity index (χ0) is 13.9. The van der Waals surface area contributed by atoms with E-state index in [0.29, 0.717) is 16.3 Å². The molecule has 1 heterocycles. The van der Waals surface area contributed by atoms with Crippen molar-refractivity contribution < 1.29 is 14.6 Å². The summed E-state index contributed by atoms with van der Waals surface area (Å²) in [7, 11) is 1.53. The molecule has 1 aromatic rings. The topological polar surface area (TPSA) is 71.8 Å². The highest BCUT2D eigenvalue weighted by atomic mass is 32.1. The van der Waals surface area contributed by atoms with Crippen molar-refractivity contribution in [2.24, 2.45) is 4.99 Å². The van der Waals surface area contributed by atoms with Crippen LogP contribution in [0.5, 0.6) is 0 Å². The lowest BCUT2D eigenvalue weighted by Gasteiger charge is -2.15. The smallest absolute Gasteiger partial charge is 0.331 e. The number of nitrogens with zero attached hydrogens (tertiary/aromatic N) is 2. The summed E-state index contributed by atoms with van der Waals surface area (Å²) in [4.78, 5) is 19.4. The van der Waals surface area contributed by atoms with Gasteiger partial charge in [-0.25, -0.2) is 9.78 Å². The number of aliphatic carboxylic acids is 1. The monoisotopic (exact) mass is 268 g/mol. The van der Waals surface area contributed by atoms with Crippen LogP contribution in [0.4, 0.5) is 5.00 Å². The molecule has 18 heavy (non-hydrogen) atoms. The fourth-order valence-electron chi connectivity index (χ4n) is 1.61. The van der Waals surface area contributed by atoms with Gasteiger partial charge < -0.3 is 9.84 Å². The summed E-state index contributed by atoms with van der Waals surface area (Å²) in [5.41, 5.74) is 1.29. The van der Waals surface area contributed by atoms with Gasteiger partial charge in [-0.1, -0.05) is 11.3 Å². The van der Waals surface area contributed by atoms with Crippen molar-refractivity contribution in [3.8, 4) is 0 Å². The van der Waals surface area contributed by atoms with E-state index >= 15 is 0 Å². The summed E-state index contributed by atoms with van der Waals surface area (Å²) in [6, 6.07) is 0. The van der Waals surface area contributed by atoms with Crippen molar-refractivity contribution in [2.75, 3.05) is 7.11 Å². The third-order valence-corrected chi connectivity index (χ3v) is 3.50. The van der Waals surface area contributed by atoms with Crippen molar-refractivity contribution in [3.05, 3.63) is 16.3 Å². The summed E-state index contributed by atoms with van der Waals surface area (Å²) >= 11 is 1.38. The van der Waals surface area contributed by atoms with Crippen LogP contribution < -0.4 is 0 Å². The highest BCUT2D eigenvalue weighted by Crippen LogP contribution is 2.35. The number of aliphatic imine (C=N–C) groups is 1. The van der Waals surface area contributed by atoms with Crippen LogP contribution in [-0.4, -0.2) is 36.0 Å². The van der Waals surface area contributed by atoms with Gasteiger partial charge in [-0.15, -0.1) is 0 Å². The molecule has 0 aliphatic carbocycles. The third kappa shape index (κ3) is 2.83. The maximum Gasteiger partial charge on any atom is 0.331 e. The Bertz CT molecular complexity index is 505. The first-order chi connectivity index (χ1) is 8.42. The maximum absolute atomic E-state index is 11.2. The molecule has 5 nitrogen and oxygen atoms in total. The number of carboxylic acid groups (broad SMARTS) is 1. The highest BCUT2D eigenvalue weighted by molar-refractivity contribution is 7.15. The lowest BCUT2D eigenvalue weighted by molar-refractivity contribution is -0.132. The van der Waals surface area contributed by atoms with Crippen LogP contribution in [0.3, 0.4) is 0 Å². The molecule has 98 valence electrons. The molecule has 0 radical (unpaired) electrons. The van der Waals surface area contributed by atoms with Crippen molar-refractivity contribution in [1.82, 2.24) is 4.98 Å². The molecule has 0 aromatic carbocycles. The summed E-state index contributed by atoms with van der Waals surface area (Å²) in [6.07, 6.45) is -0.372. The predicted octanol–water partition coefficient (Wildman–Crippen LogP) is 2.68. The Labute approximate surface area is 110 Å². The van der Waals surface area contributed by atoms with Crippen LogP contribution in [0.2, 0.25) is 0 Å². The average Bonchev–Trinajstić information content (AvgIpc) is 2.70. The van der Waals surface area contributed by atoms with E-state index < -0.39 is 5.97 Å². The van der Waals surface area contributed by atoms with E-state index in [2.05, 4.69) is 16.7 Å². The molecule has 0 saturated carbocycles. The number of ether oxygens (including phenoxy) is 1. The Kier molecular flexibility index (Phi) is 4.75. The standard InChI is InChI=1S/C12H16N2O3S/c1-6(12(15)16)9(7(2)17-5)10-11(13-4)18-8(3)14-10/h7H,4H2,1-3,5H3,(H,15,16)/b9-6+. The first-order valence-electron chi connectivity index (χ1n) is 5.33. The molecule has 0 saturated heterocycles. The van der Waals surface area contributed by atoms with E-state index in [-0.39, 0.29) is 11.7 Å². The van der Waals surface area contributed by atoms with Gasteiger partial charge >= 0.3 is 5.97 Å². The van der Waals surface area contributed by atoms with E-state index in [9.17, 15) is 4.79 Å². The Morgan fingerprint density at radius 2 is 2.22 bits per heavy atom. The summed E-state index contributed by atoms with van der Waals surface area (Å²) < 4.78 is 5.23. The van der Waals surface area contributed by atoms with E-state index in [1.54, 1.807) is 6.92 Å². The summed E-state index contributed by atoms with van der Waals surface area (Å²) in [6.45, 7) is 8.65. The van der Waals surface area contributed by atoms with Crippen LogP contribution in [0.25, 0.3) is 5.57 Å². The Morgan fingerprint density at radius 3 is 2.67 bits per heavy atom. The van der Waals surface area contributed by atoms with E-state index in [4.69, 9.17) is 9.84 Å². The van der Waals surface area contributed by atoms with E-state index in [1.807, 2.05) is 6.92 Å². The fraction of sp³-hybridized carbons (Fsp3) is 0.417. The summed E-state index contributed by atoms with van der Waals surface area (Å²) in [5.74, 6) is -0.991. The van der Waals surface area contributed by atoms with Crippen LogP contribution in [0.1, 0.15) is 24.5 Å². The minimum absolute atomic E-state index is 0.208. The van der Waals surface area contributed by atoms with Gasteiger partial charge in [-0.2, -0.15) is 0 Å². The van der Waals surface area contributed by atoms with Gasteiger partial charge in [0.15, 0.2) is 0 Å². The lowest BCUT2D eigenvalue weighted by Crippen LogP contribution is -2.13. The molecule has 6 heteroatoms. The van der Waals surface area contributed by atoms with Gasteiger partial charge in [0.05, 0.1) is 11.1 Å². The van der Waals surface area contributed by atoms with Gasteiger partial charge in [-0.05, 0) is 27.5 Å². The average molecular weight is 268 g/mol. The molecule has 1 atom stereocenters. The number of carbonyl (C=O) groups is 1. The first-order valence-corrected chi connectivity index (χ1v) is 6.15. The number of hydrogen-bond acceptors (Lipinski definition) is 5. The molecule has 0 spiro atoms. The largest absolute Gasteiger partial charge is 0.478 e. The Hall–Kier alpha value is -1.53. The van der Waals surface area contributed by atoms with Gasteiger partial charge in [-0.3, -0.25) is 4.99 Å². The molecule has 1 rings (SSSR count). The Balaban J connectivity index is 3.49. The maximum atomic E-state index is 11.2.